The average Bonchev–Trinajstić information content (AvgIpc) is 3.21. The Morgan fingerprint density at radius 2 is 1.54 bits per heavy atom. The van der Waals surface area contributed by atoms with Crippen molar-refractivity contribution in [3.8, 4) is 5.75 Å². The van der Waals surface area contributed by atoms with E-state index in [-0.39, 0.29) is 24.6 Å². The molecule has 246 valence electrons. The third-order valence-corrected chi connectivity index (χ3v) is 9.35. The highest BCUT2D eigenvalue weighted by molar-refractivity contribution is 6.43. The number of fused-ring (bicyclic) bond motifs is 3. The van der Waals surface area contributed by atoms with E-state index in [0.29, 0.717) is 36.3 Å². The monoisotopic (exact) mass is 649 g/mol. The summed E-state index contributed by atoms with van der Waals surface area (Å²) in [6, 6.07) is 4.48. The average molecular weight is 649 g/mol. The Balaban J connectivity index is 1.44. The number of allylic oxidation sites excluding steroid dienone is 2. The van der Waals surface area contributed by atoms with Crippen molar-refractivity contribution in [2.75, 3.05) is 4.90 Å². The van der Waals surface area contributed by atoms with Gasteiger partial charge < -0.3 is 14.8 Å². The number of phenolic OH excluding ortho intramolecular Hbond substituents is 1. The number of carbonyl (C=O) groups excluding carboxylic acids is 2. The van der Waals surface area contributed by atoms with Crippen LogP contribution in [0.4, 0.5) is 32.0 Å². The molecule has 1 aliphatic carbocycles. The minimum Gasteiger partial charge on any atom is -0.507 e. The van der Waals surface area contributed by atoms with E-state index >= 15 is 0 Å². The second kappa shape index (κ2) is 12.2. The first-order valence-electron chi connectivity index (χ1n) is 15.1. The van der Waals surface area contributed by atoms with Crippen molar-refractivity contribution in [2.45, 2.75) is 78.2 Å². The molecule has 0 unspecified atom stereocenters. The summed E-state index contributed by atoms with van der Waals surface area (Å²) in [6.07, 6.45) is -7.15. The predicted octanol–water partition coefficient (Wildman–Crippen LogP) is 7.64. The van der Waals surface area contributed by atoms with Gasteiger partial charge in [0, 0.05) is 0 Å². The number of imide groups is 1. The molecule has 0 bridgehead atoms. The highest BCUT2D eigenvalue weighted by atomic mass is 19.4. The number of hydrogen-bond acceptors (Lipinski definition) is 5. The van der Waals surface area contributed by atoms with Gasteiger partial charge in [-0.25, -0.2) is 4.90 Å². The van der Waals surface area contributed by atoms with E-state index in [0.717, 1.165) is 33.4 Å². The number of aromatic hydroxyl groups is 1. The van der Waals surface area contributed by atoms with Crippen molar-refractivity contribution in [2.24, 2.45) is 17.8 Å². The molecular weight excluding hydrogens is 615 g/mol. The minimum atomic E-state index is -5.15. The maximum Gasteiger partial charge on any atom is 0.455 e. The molecule has 6 nitrogen and oxygen atoms in total. The number of aryl methyl sites for hydroxylation is 2. The van der Waals surface area contributed by atoms with Gasteiger partial charge in [-0.05, 0) is 111 Å². The second-order valence-corrected chi connectivity index (χ2v) is 12.5. The van der Waals surface area contributed by atoms with Crippen LogP contribution in [0.3, 0.4) is 0 Å². The molecule has 2 aliphatic heterocycles. The van der Waals surface area contributed by atoms with Crippen LogP contribution in [-0.2, 0) is 26.6 Å². The molecule has 0 spiro atoms. The Morgan fingerprint density at radius 3 is 2.09 bits per heavy atom. The molecule has 2 heterocycles. The summed E-state index contributed by atoms with van der Waals surface area (Å²) in [5.41, 5.74) is 0.924. The fourth-order valence-electron chi connectivity index (χ4n) is 7.22. The van der Waals surface area contributed by atoms with Gasteiger partial charge in [0.1, 0.15) is 5.75 Å². The summed E-state index contributed by atoms with van der Waals surface area (Å²) in [6.45, 7) is 7.40. The first-order valence-corrected chi connectivity index (χ1v) is 15.1. The highest BCUT2D eigenvalue weighted by Gasteiger charge is 2.57. The first kappa shape index (κ1) is 33.8. The van der Waals surface area contributed by atoms with Crippen molar-refractivity contribution in [3.63, 3.8) is 0 Å². The molecule has 2 aromatic carbocycles. The lowest BCUT2D eigenvalue weighted by atomic mass is 9.59. The molecule has 2 aromatic rings. The summed E-state index contributed by atoms with van der Waals surface area (Å²) in [4.78, 5) is 27.8. The van der Waals surface area contributed by atoms with Gasteiger partial charge in [-0.3, -0.25) is 9.59 Å². The lowest BCUT2D eigenvalue weighted by Gasteiger charge is -2.42. The molecule has 3 aliphatic rings. The van der Waals surface area contributed by atoms with Crippen molar-refractivity contribution in [1.29, 1.82) is 0 Å². The van der Waals surface area contributed by atoms with Crippen molar-refractivity contribution < 1.29 is 50.7 Å². The number of nitrogens with zero attached hydrogens (tertiary/aromatic N) is 1. The zero-order valence-corrected chi connectivity index (χ0v) is 25.7. The number of alkyl halides is 6. The first-order chi connectivity index (χ1) is 21.4. The maximum absolute atomic E-state index is 13.8. The van der Waals surface area contributed by atoms with Crippen molar-refractivity contribution >= 4 is 30.7 Å². The summed E-state index contributed by atoms with van der Waals surface area (Å²) in [5.74, 6) is -4.27. The third kappa shape index (κ3) is 6.36. The summed E-state index contributed by atoms with van der Waals surface area (Å²) in [5, 5.41) is 20.8. The van der Waals surface area contributed by atoms with Crippen LogP contribution in [0.5, 0.6) is 5.75 Å². The van der Waals surface area contributed by atoms with Crippen LogP contribution in [0, 0.1) is 31.6 Å². The SMILES string of the molecule is CC/C(=C\c1cc(C)c(O)c(C)c1)CC[C@H]1OB(O)C[C@H]2C1=C(C)C[C@H]1C(=O)N(c3cc(C(F)(F)F)cc(C(F)(F)F)c3)C(=O)[C@H]12. The van der Waals surface area contributed by atoms with E-state index < -0.39 is 72.0 Å². The van der Waals surface area contributed by atoms with E-state index in [1.807, 2.05) is 39.0 Å². The quantitative estimate of drug-likeness (QED) is 0.145. The van der Waals surface area contributed by atoms with Crippen LogP contribution in [0.1, 0.15) is 67.3 Å². The molecule has 2 fully saturated rings. The number of halogens is 6. The van der Waals surface area contributed by atoms with Gasteiger partial charge in [-0.1, -0.05) is 24.1 Å². The molecular formula is C33H34BF6NO5. The Labute approximate surface area is 262 Å². The maximum atomic E-state index is 13.8. The van der Waals surface area contributed by atoms with Gasteiger partial charge in [-0.15, -0.1) is 0 Å². The molecule has 2 saturated heterocycles. The molecule has 0 aromatic heterocycles. The number of rotatable bonds is 6. The van der Waals surface area contributed by atoms with Crippen molar-refractivity contribution in [3.05, 3.63) is 74.9 Å². The van der Waals surface area contributed by atoms with Gasteiger partial charge in [-0.2, -0.15) is 26.3 Å². The van der Waals surface area contributed by atoms with Crippen LogP contribution in [0.2, 0.25) is 6.32 Å². The molecule has 46 heavy (non-hydrogen) atoms. The molecule has 13 heteroatoms. The van der Waals surface area contributed by atoms with E-state index in [1.54, 1.807) is 6.92 Å². The Bertz CT molecular complexity index is 1580. The van der Waals surface area contributed by atoms with Gasteiger partial charge >= 0.3 is 19.5 Å². The number of carbonyl (C=O) groups is 2. The summed E-state index contributed by atoms with van der Waals surface area (Å²) >= 11 is 0. The topological polar surface area (TPSA) is 87.1 Å². The third-order valence-electron chi connectivity index (χ3n) is 9.35. The minimum absolute atomic E-state index is 0.0455. The Hall–Kier alpha value is -3.58. The normalized spacial score (nSPS) is 24.1. The molecule has 2 amide bonds. The molecule has 4 atom stereocenters. The highest BCUT2D eigenvalue weighted by Crippen LogP contribution is 2.52. The molecule has 0 saturated carbocycles. The molecule has 0 radical (unpaired) electrons. The summed E-state index contributed by atoms with van der Waals surface area (Å²) in [7, 11) is -1.29. The molecule has 5 rings (SSSR count). The van der Waals surface area contributed by atoms with E-state index in [9.17, 15) is 46.1 Å². The van der Waals surface area contributed by atoms with Crippen LogP contribution in [0.15, 0.2) is 47.1 Å². The van der Waals surface area contributed by atoms with Crippen LogP contribution in [0.25, 0.3) is 6.08 Å². The molecule has 2 N–H and O–H groups in total. The predicted molar refractivity (Wildman–Crippen MR) is 159 cm³/mol. The smallest absolute Gasteiger partial charge is 0.455 e. The largest absolute Gasteiger partial charge is 0.507 e. The summed E-state index contributed by atoms with van der Waals surface area (Å²) < 4.78 is 87.4. The van der Waals surface area contributed by atoms with Crippen LogP contribution < -0.4 is 4.90 Å². The van der Waals surface area contributed by atoms with E-state index in [2.05, 4.69) is 0 Å². The fraction of sp³-hybridized carbons (Fsp3) is 0.455. The fourth-order valence-corrected chi connectivity index (χ4v) is 7.22. The number of phenols is 1. The number of anilines is 1. The van der Waals surface area contributed by atoms with Crippen LogP contribution in [-0.4, -0.2) is 35.2 Å². The lowest BCUT2D eigenvalue weighted by Crippen LogP contribution is -2.46. The van der Waals surface area contributed by atoms with Gasteiger partial charge in [0.2, 0.25) is 11.8 Å². The van der Waals surface area contributed by atoms with E-state index in [1.165, 1.54) is 0 Å². The number of amides is 2. The Kier molecular flexibility index (Phi) is 8.97. The van der Waals surface area contributed by atoms with Gasteiger partial charge in [0.05, 0.1) is 34.8 Å². The zero-order valence-electron chi connectivity index (χ0n) is 25.7. The standard InChI is InChI=1S/C33H34BF6NO5/c1-5-19(11-20-8-17(3)29(42)18(4)9-20)6-7-26-27-16(2)10-24-28(25(27)15-34(45)46-26)31(44)41(30(24)43)23-13-21(32(35,36)37)12-22(14-23)33(38,39)40/h8-9,11-14,24-26,28,42,45H,5-7,10,15H2,1-4H3/b19-11+/t24-,25+,26-,28-/m1/s1. The Morgan fingerprint density at radius 1 is 0.957 bits per heavy atom. The number of hydrogen-bond donors (Lipinski definition) is 2. The second-order valence-electron chi connectivity index (χ2n) is 12.5. The zero-order chi connectivity index (χ0) is 33.9. The lowest BCUT2D eigenvalue weighted by molar-refractivity contribution is -0.143. The number of benzene rings is 2. The van der Waals surface area contributed by atoms with Crippen molar-refractivity contribution in [1.82, 2.24) is 0 Å². The van der Waals surface area contributed by atoms with Gasteiger partial charge in [0.15, 0.2) is 0 Å². The van der Waals surface area contributed by atoms with Gasteiger partial charge in [0.25, 0.3) is 0 Å². The van der Waals surface area contributed by atoms with E-state index in [4.69, 9.17) is 4.65 Å². The van der Waals surface area contributed by atoms with Crippen LogP contribution >= 0.6 is 0 Å².